The Morgan fingerprint density at radius 3 is 1.50 bits per heavy atom. The molecule has 0 radical (unpaired) electrons. The van der Waals surface area contributed by atoms with Crippen molar-refractivity contribution in [1.29, 1.82) is 0 Å². The third-order valence-electron chi connectivity index (χ3n) is 2.05. The third-order valence-corrected chi connectivity index (χ3v) is 2.05. The van der Waals surface area contributed by atoms with Crippen LogP contribution < -0.4 is 10.6 Å². The number of aliphatic carboxylic acids is 2. The molecule has 88 valence electrons. The minimum Gasteiger partial charge on any atom is -0.480 e. The van der Waals surface area contributed by atoms with Crippen molar-refractivity contribution in [3.63, 3.8) is 0 Å². The zero-order chi connectivity index (χ0) is 12.3. The Labute approximate surface area is 89.6 Å². The zero-order valence-corrected chi connectivity index (χ0v) is 8.10. The fourth-order valence-corrected chi connectivity index (χ4v) is 1.28. The molecule has 0 bridgehead atoms. The molecule has 2 amide bonds. The maximum atomic E-state index is 11.2. The standard InChI is InChI=1S/C8H10N2O6/c11-5-1-3(7(13)14)9-6(12)2-4(10-5)8(15)16/h3-4H,1-2H2,(H,9,12)(H,10,11)(H,13,14)(H,15,16). The van der Waals surface area contributed by atoms with E-state index in [0.717, 1.165) is 0 Å². The number of hydrogen-bond acceptors (Lipinski definition) is 4. The largest absolute Gasteiger partial charge is 0.480 e. The van der Waals surface area contributed by atoms with Crippen molar-refractivity contribution in [2.24, 2.45) is 0 Å². The van der Waals surface area contributed by atoms with Crippen LogP contribution in [0, 0.1) is 0 Å². The van der Waals surface area contributed by atoms with Gasteiger partial charge in [0.1, 0.15) is 12.1 Å². The van der Waals surface area contributed by atoms with Gasteiger partial charge in [-0.2, -0.15) is 0 Å². The van der Waals surface area contributed by atoms with Gasteiger partial charge < -0.3 is 20.8 Å². The van der Waals surface area contributed by atoms with Gasteiger partial charge in [-0.05, 0) is 0 Å². The fraction of sp³-hybridized carbons (Fsp3) is 0.500. The lowest BCUT2D eigenvalue weighted by Gasteiger charge is -2.21. The number of carboxylic acid groups (broad SMARTS) is 2. The molecule has 0 aromatic rings. The zero-order valence-electron chi connectivity index (χ0n) is 8.10. The number of carbonyl (C=O) groups is 4. The third kappa shape index (κ3) is 2.94. The number of carboxylic acids is 2. The Hall–Kier alpha value is -2.12. The van der Waals surface area contributed by atoms with E-state index in [-0.39, 0.29) is 0 Å². The highest BCUT2D eigenvalue weighted by atomic mass is 16.4. The van der Waals surface area contributed by atoms with E-state index in [0.29, 0.717) is 0 Å². The second kappa shape index (κ2) is 4.60. The lowest BCUT2D eigenvalue weighted by atomic mass is 10.1. The summed E-state index contributed by atoms with van der Waals surface area (Å²) in [6.07, 6.45) is -0.963. The van der Waals surface area contributed by atoms with E-state index in [9.17, 15) is 19.2 Å². The molecule has 8 heteroatoms. The monoisotopic (exact) mass is 230 g/mol. The summed E-state index contributed by atoms with van der Waals surface area (Å²) >= 11 is 0. The highest BCUT2D eigenvalue weighted by molar-refractivity contribution is 5.94. The fourth-order valence-electron chi connectivity index (χ4n) is 1.28. The van der Waals surface area contributed by atoms with Crippen molar-refractivity contribution in [1.82, 2.24) is 10.6 Å². The lowest BCUT2D eigenvalue weighted by Crippen LogP contribution is -2.53. The van der Waals surface area contributed by atoms with Gasteiger partial charge in [0, 0.05) is 0 Å². The Balaban J connectivity index is 2.78. The number of amides is 2. The van der Waals surface area contributed by atoms with Gasteiger partial charge in [-0.15, -0.1) is 0 Å². The summed E-state index contributed by atoms with van der Waals surface area (Å²) in [4.78, 5) is 43.6. The molecule has 1 aliphatic rings. The molecular formula is C8H10N2O6. The second-order valence-electron chi connectivity index (χ2n) is 3.32. The van der Waals surface area contributed by atoms with Crippen LogP contribution in [0.5, 0.6) is 0 Å². The minimum atomic E-state index is -1.34. The predicted octanol–water partition coefficient (Wildman–Crippen LogP) is -2.08. The molecule has 16 heavy (non-hydrogen) atoms. The van der Waals surface area contributed by atoms with Crippen molar-refractivity contribution in [3.8, 4) is 0 Å². The molecular weight excluding hydrogens is 220 g/mol. The maximum Gasteiger partial charge on any atom is 0.326 e. The molecule has 0 aromatic heterocycles. The van der Waals surface area contributed by atoms with Crippen molar-refractivity contribution in [3.05, 3.63) is 0 Å². The van der Waals surface area contributed by atoms with Crippen molar-refractivity contribution in [2.45, 2.75) is 24.9 Å². The quantitative estimate of drug-likeness (QED) is 0.430. The van der Waals surface area contributed by atoms with Crippen molar-refractivity contribution < 1.29 is 29.4 Å². The summed E-state index contributed by atoms with van der Waals surface area (Å²) in [5, 5.41) is 21.5. The molecule has 0 saturated carbocycles. The molecule has 0 aromatic carbocycles. The highest BCUT2D eigenvalue weighted by Gasteiger charge is 2.31. The average molecular weight is 230 g/mol. The number of rotatable bonds is 2. The minimum absolute atomic E-state index is 0.481. The Morgan fingerprint density at radius 1 is 0.938 bits per heavy atom. The van der Waals surface area contributed by atoms with E-state index in [1.165, 1.54) is 0 Å². The summed E-state index contributed by atoms with van der Waals surface area (Å²) in [6, 6.07) is -2.63. The number of carbonyl (C=O) groups excluding carboxylic acids is 2. The summed E-state index contributed by atoms with van der Waals surface area (Å²) < 4.78 is 0. The molecule has 0 aliphatic carbocycles. The first-order valence-corrected chi connectivity index (χ1v) is 4.44. The first-order chi connectivity index (χ1) is 7.40. The Bertz CT molecular complexity index is 302. The Kier molecular flexibility index (Phi) is 3.44. The normalized spacial score (nSPS) is 26.0. The van der Waals surface area contributed by atoms with Gasteiger partial charge in [0.2, 0.25) is 11.8 Å². The van der Waals surface area contributed by atoms with Crippen LogP contribution in [0.4, 0.5) is 0 Å². The number of hydrogen-bond donors (Lipinski definition) is 4. The van der Waals surface area contributed by atoms with Crippen LogP contribution in [0.25, 0.3) is 0 Å². The van der Waals surface area contributed by atoms with Crippen LogP contribution in [-0.4, -0.2) is 46.0 Å². The molecule has 2 unspecified atom stereocenters. The second-order valence-corrected chi connectivity index (χ2v) is 3.32. The first-order valence-electron chi connectivity index (χ1n) is 4.44. The van der Waals surface area contributed by atoms with Gasteiger partial charge in [-0.3, -0.25) is 9.59 Å². The highest BCUT2D eigenvalue weighted by Crippen LogP contribution is 2.02. The molecule has 1 aliphatic heterocycles. The van der Waals surface area contributed by atoms with Crippen LogP contribution in [0.1, 0.15) is 12.8 Å². The van der Waals surface area contributed by atoms with Crippen molar-refractivity contribution >= 4 is 23.8 Å². The van der Waals surface area contributed by atoms with Gasteiger partial charge in [0.15, 0.2) is 0 Å². The van der Waals surface area contributed by atoms with Crippen LogP contribution >= 0.6 is 0 Å². The van der Waals surface area contributed by atoms with Crippen LogP contribution in [0.2, 0.25) is 0 Å². The molecule has 1 fully saturated rings. The Morgan fingerprint density at radius 2 is 1.25 bits per heavy atom. The molecule has 4 N–H and O–H groups in total. The predicted molar refractivity (Wildman–Crippen MR) is 48.4 cm³/mol. The van der Waals surface area contributed by atoms with Gasteiger partial charge in [0.05, 0.1) is 12.8 Å². The first kappa shape index (κ1) is 12.0. The average Bonchev–Trinajstić information content (AvgIpc) is 2.12. The van der Waals surface area contributed by atoms with E-state index in [4.69, 9.17) is 10.2 Å². The van der Waals surface area contributed by atoms with Crippen LogP contribution in [0.15, 0.2) is 0 Å². The van der Waals surface area contributed by atoms with E-state index in [1.807, 2.05) is 0 Å². The van der Waals surface area contributed by atoms with Crippen molar-refractivity contribution in [2.75, 3.05) is 0 Å². The topological polar surface area (TPSA) is 133 Å². The van der Waals surface area contributed by atoms with Gasteiger partial charge in [-0.25, -0.2) is 9.59 Å². The number of nitrogens with one attached hydrogen (secondary N) is 2. The molecule has 0 spiro atoms. The van der Waals surface area contributed by atoms with E-state index in [2.05, 4.69) is 10.6 Å². The van der Waals surface area contributed by atoms with E-state index >= 15 is 0 Å². The SMILES string of the molecule is O=C1CC(C(=O)O)NC(=O)CC(C(=O)O)N1. The van der Waals surface area contributed by atoms with Crippen LogP contribution in [0.3, 0.4) is 0 Å². The summed E-state index contributed by atoms with van der Waals surface area (Å²) in [7, 11) is 0. The molecule has 8 nitrogen and oxygen atoms in total. The molecule has 1 rings (SSSR count). The summed E-state index contributed by atoms with van der Waals surface area (Å²) in [6.45, 7) is 0. The van der Waals surface area contributed by atoms with E-state index in [1.54, 1.807) is 0 Å². The molecule has 1 heterocycles. The summed E-state index contributed by atoms with van der Waals surface area (Å²) in [5.41, 5.74) is 0. The van der Waals surface area contributed by atoms with Gasteiger partial charge in [-0.1, -0.05) is 0 Å². The van der Waals surface area contributed by atoms with Gasteiger partial charge in [0.25, 0.3) is 0 Å². The lowest BCUT2D eigenvalue weighted by molar-refractivity contribution is -0.147. The molecule has 1 saturated heterocycles. The van der Waals surface area contributed by atoms with Crippen LogP contribution in [-0.2, 0) is 19.2 Å². The van der Waals surface area contributed by atoms with Gasteiger partial charge >= 0.3 is 11.9 Å². The maximum absolute atomic E-state index is 11.2. The smallest absolute Gasteiger partial charge is 0.326 e. The molecule has 2 atom stereocenters. The van der Waals surface area contributed by atoms with E-state index < -0.39 is 48.7 Å². The summed E-state index contributed by atoms with van der Waals surface area (Å²) in [5.74, 6) is -4.12.